The lowest BCUT2D eigenvalue weighted by Crippen LogP contribution is -1.99. The van der Waals surface area contributed by atoms with E-state index in [9.17, 15) is 9.90 Å². The molecule has 3 aromatic rings. The highest BCUT2D eigenvalue weighted by Gasteiger charge is 2.04. The number of aromatic hydroxyl groups is 1. The number of hydrogen-bond donors (Lipinski definition) is 2. The molecule has 0 bridgehead atoms. The van der Waals surface area contributed by atoms with Crippen LogP contribution in [-0.4, -0.2) is 22.4 Å². The molecule has 0 aliphatic heterocycles. The van der Waals surface area contributed by atoms with E-state index in [-0.39, 0.29) is 12.2 Å². The zero-order chi connectivity index (χ0) is 16.2. The van der Waals surface area contributed by atoms with Crippen molar-refractivity contribution in [3.63, 3.8) is 0 Å². The van der Waals surface area contributed by atoms with Gasteiger partial charge in [0.2, 0.25) is 0 Å². The Hall–Kier alpha value is -3.14. The van der Waals surface area contributed by atoms with E-state index in [4.69, 9.17) is 5.11 Å². The van der Waals surface area contributed by atoms with E-state index < -0.39 is 5.97 Å². The molecular weight excluding hydrogens is 290 g/mol. The average molecular weight is 305 g/mol. The van der Waals surface area contributed by atoms with Crippen LogP contribution >= 0.6 is 0 Å². The smallest absolute Gasteiger partial charge is 0.307 e. The summed E-state index contributed by atoms with van der Waals surface area (Å²) in [7, 11) is 0. The largest absolute Gasteiger partial charge is 0.507 e. The maximum atomic E-state index is 10.7. The molecule has 114 valence electrons. The second kappa shape index (κ2) is 6.32. The topological polar surface area (TPSA) is 69.9 Å². The van der Waals surface area contributed by atoms with Gasteiger partial charge in [0.25, 0.3) is 0 Å². The third kappa shape index (κ3) is 3.37. The Labute approximate surface area is 133 Å². The minimum Gasteiger partial charge on any atom is -0.507 e. The molecule has 0 aromatic heterocycles. The number of carbonyl (C=O) groups is 1. The van der Waals surface area contributed by atoms with Gasteiger partial charge in [0.1, 0.15) is 5.75 Å². The molecule has 0 fully saturated rings. The zero-order valence-electron chi connectivity index (χ0n) is 12.3. The molecule has 0 radical (unpaired) electrons. The normalized spacial score (nSPS) is 11.1. The monoisotopic (exact) mass is 305 g/mol. The number of rotatable bonds is 4. The van der Waals surface area contributed by atoms with Crippen molar-refractivity contribution >= 4 is 28.6 Å². The summed E-state index contributed by atoms with van der Waals surface area (Å²) >= 11 is 0. The van der Waals surface area contributed by atoms with E-state index in [0.29, 0.717) is 11.3 Å². The van der Waals surface area contributed by atoms with Gasteiger partial charge in [-0.2, -0.15) is 0 Å². The van der Waals surface area contributed by atoms with Gasteiger partial charge in [-0.3, -0.25) is 9.79 Å². The first-order valence-corrected chi connectivity index (χ1v) is 7.19. The summed E-state index contributed by atoms with van der Waals surface area (Å²) in [4.78, 5) is 15.0. The molecule has 23 heavy (non-hydrogen) atoms. The minimum absolute atomic E-state index is 0.00585. The molecule has 0 saturated carbocycles. The fourth-order valence-corrected chi connectivity index (χ4v) is 2.43. The Bertz CT molecular complexity index is 883. The first-order valence-electron chi connectivity index (χ1n) is 7.19. The number of aliphatic carboxylic acids is 1. The number of carboxylic acids is 1. The second-order valence-electron chi connectivity index (χ2n) is 5.21. The van der Waals surface area contributed by atoms with E-state index in [1.165, 1.54) is 0 Å². The highest BCUT2D eigenvalue weighted by Crippen LogP contribution is 2.26. The lowest BCUT2D eigenvalue weighted by Gasteiger charge is -2.04. The summed E-state index contributed by atoms with van der Waals surface area (Å²) in [6.45, 7) is 0. The molecule has 3 aromatic carbocycles. The van der Waals surface area contributed by atoms with E-state index in [1.807, 2.05) is 30.3 Å². The molecule has 4 nitrogen and oxygen atoms in total. The van der Waals surface area contributed by atoms with E-state index >= 15 is 0 Å². The van der Waals surface area contributed by atoms with E-state index in [0.717, 1.165) is 16.3 Å². The first kappa shape index (κ1) is 14.8. The predicted molar refractivity (Wildman–Crippen MR) is 90.6 cm³/mol. The van der Waals surface area contributed by atoms with E-state index in [1.54, 1.807) is 36.5 Å². The van der Waals surface area contributed by atoms with Crippen molar-refractivity contribution in [2.24, 2.45) is 4.99 Å². The van der Waals surface area contributed by atoms with Crippen LogP contribution in [0.4, 0.5) is 5.69 Å². The standard InChI is InChI=1S/C19H15NO3/c21-18-10-7-14-3-1-2-4-16(14)17(18)12-20-15-8-5-13(6-9-15)11-19(22)23/h1-10,12,21H,11H2,(H,22,23). The van der Waals surface area contributed by atoms with Crippen LogP contribution in [-0.2, 0) is 11.2 Å². The van der Waals surface area contributed by atoms with Gasteiger partial charge in [0.15, 0.2) is 0 Å². The molecule has 0 saturated heterocycles. The number of phenolic OH excluding ortho intramolecular Hbond substituents is 1. The Morgan fingerprint density at radius 2 is 1.74 bits per heavy atom. The predicted octanol–water partition coefficient (Wildman–Crippen LogP) is 3.92. The second-order valence-corrected chi connectivity index (χ2v) is 5.21. The molecule has 0 aliphatic rings. The van der Waals surface area contributed by atoms with Crippen molar-refractivity contribution < 1.29 is 15.0 Å². The average Bonchev–Trinajstić information content (AvgIpc) is 2.55. The Morgan fingerprint density at radius 1 is 1.00 bits per heavy atom. The van der Waals surface area contributed by atoms with Gasteiger partial charge in [-0.05, 0) is 34.5 Å². The van der Waals surface area contributed by atoms with Gasteiger partial charge in [-0.15, -0.1) is 0 Å². The Morgan fingerprint density at radius 3 is 2.48 bits per heavy atom. The summed E-state index contributed by atoms with van der Waals surface area (Å²) in [5, 5.41) is 20.8. The van der Waals surface area contributed by atoms with Gasteiger partial charge in [-0.25, -0.2) is 0 Å². The number of carboxylic acid groups (broad SMARTS) is 1. The lowest BCUT2D eigenvalue weighted by molar-refractivity contribution is -0.136. The van der Waals surface area contributed by atoms with Gasteiger partial charge >= 0.3 is 5.97 Å². The summed E-state index contributed by atoms with van der Waals surface area (Å²) in [6.07, 6.45) is 1.62. The molecule has 0 aliphatic carbocycles. The molecule has 0 spiro atoms. The van der Waals surface area contributed by atoms with Crippen molar-refractivity contribution in [1.29, 1.82) is 0 Å². The number of fused-ring (bicyclic) bond motifs is 1. The molecule has 0 atom stereocenters. The minimum atomic E-state index is -0.859. The van der Waals surface area contributed by atoms with Crippen LogP contribution in [0.2, 0.25) is 0 Å². The first-order chi connectivity index (χ1) is 11.1. The summed E-state index contributed by atoms with van der Waals surface area (Å²) in [5.41, 5.74) is 2.09. The molecule has 0 amide bonds. The highest BCUT2D eigenvalue weighted by molar-refractivity contribution is 6.02. The summed E-state index contributed by atoms with van der Waals surface area (Å²) in [6, 6.07) is 18.3. The third-order valence-electron chi connectivity index (χ3n) is 3.58. The fraction of sp³-hybridized carbons (Fsp3) is 0.0526. The van der Waals surface area contributed by atoms with Crippen LogP contribution in [0.3, 0.4) is 0 Å². The molecule has 0 unspecified atom stereocenters. The molecule has 2 N–H and O–H groups in total. The lowest BCUT2D eigenvalue weighted by atomic mass is 10.0. The van der Waals surface area contributed by atoms with E-state index in [2.05, 4.69) is 4.99 Å². The number of hydrogen-bond acceptors (Lipinski definition) is 3. The van der Waals surface area contributed by atoms with Gasteiger partial charge in [-0.1, -0.05) is 42.5 Å². The van der Waals surface area contributed by atoms with Crippen molar-refractivity contribution in [2.75, 3.05) is 0 Å². The molecular formula is C19H15NO3. The van der Waals surface area contributed by atoms with Crippen LogP contribution in [0.25, 0.3) is 10.8 Å². The Balaban J connectivity index is 1.91. The Kier molecular flexibility index (Phi) is 4.06. The van der Waals surface area contributed by atoms with Crippen LogP contribution in [0.5, 0.6) is 5.75 Å². The number of phenols is 1. The maximum absolute atomic E-state index is 10.7. The van der Waals surface area contributed by atoms with Crippen molar-refractivity contribution in [3.05, 3.63) is 71.8 Å². The summed E-state index contributed by atoms with van der Waals surface area (Å²) in [5.74, 6) is -0.683. The van der Waals surface area contributed by atoms with Crippen molar-refractivity contribution in [2.45, 2.75) is 6.42 Å². The molecule has 3 rings (SSSR count). The number of aliphatic imine (C=N–C) groups is 1. The van der Waals surface area contributed by atoms with Gasteiger partial charge < -0.3 is 10.2 Å². The molecule has 4 heteroatoms. The van der Waals surface area contributed by atoms with Crippen LogP contribution in [0.15, 0.2) is 65.7 Å². The van der Waals surface area contributed by atoms with Crippen molar-refractivity contribution in [3.8, 4) is 5.75 Å². The van der Waals surface area contributed by atoms with Crippen LogP contribution < -0.4 is 0 Å². The quantitative estimate of drug-likeness (QED) is 0.718. The SMILES string of the molecule is O=C(O)Cc1ccc(N=Cc2c(O)ccc3ccccc23)cc1. The summed E-state index contributed by atoms with van der Waals surface area (Å²) < 4.78 is 0. The van der Waals surface area contributed by atoms with Crippen LogP contribution in [0, 0.1) is 0 Å². The van der Waals surface area contributed by atoms with Gasteiger partial charge in [0.05, 0.1) is 12.1 Å². The van der Waals surface area contributed by atoms with Crippen molar-refractivity contribution in [1.82, 2.24) is 0 Å². The maximum Gasteiger partial charge on any atom is 0.307 e. The third-order valence-corrected chi connectivity index (χ3v) is 3.58. The zero-order valence-corrected chi connectivity index (χ0v) is 12.3. The van der Waals surface area contributed by atoms with Gasteiger partial charge in [0, 0.05) is 11.8 Å². The number of benzene rings is 3. The van der Waals surface area contributed by atoms with Crippen LogP contribution in [0.1, 0.15) is 11.1 Å². The number of nitrogens with zero attached hydrogens (tertiary/aromatic N) is 1. The highest BCUT2D eigenvalue weighted by atomic mass is 16.4. The molecule has 0 heterocycles. The fourth-order valence-electron chi connectivity index (χ4n) is 2.43.